The van der Waals surface area contributed by atoms with Crippen molar-refractivity contribution in [3.63, 3.8) is 0 Å². The van der Waals surface area contributed by atoms with Crippen LogP contribution in [0.3, 0.4) is 0 Å². The van der Waals surface area contributed by atoms with Gasteiger partial charge in [0.2, 0.25) is 0 Å². The quantitative estimate of drug-likeness (QED) is 0.668. The number of amides is 2. The van der Waals surface area contributed by atoms with E-state index < -0.39 is 5.82 Å². The number of halogens is 1. The SMILES string of the molecule is C[C@H](NC(=O)C[NH+](C)CC(=O)Nc1cccc(F)c1)c1ccc2c(c1)CCCC2. The van der Waals surface area contributed by atoms with Gasteiger partial charge in [-0.1, -0.05) is 24.3 Å². The molecule has 6 heteroatoms. The van der Waals surface area contributed by atoms with Crippen molar-refractivity contribution in [1.82, 2.24) is 5.32 Å². The van der Waals surface area contributed by atoms with Crippen LogP contribution in [-0.4, -0.2) is 32.0 Å². The number of carbonyl (C=O) groups excluding carboxylic acids is 2. The first-order chi connectivity index (χ1) is 13.9. The van der Waals surface area contributed by atoms with Crippen molar-refractivity contribution in [2.75, 3.05) is 25.5 Å². The smallest absolute Gasteiger partial charge is 0.279 e. The molecular weight excluding hydrogens is 369 g/mol. The maximum Gasteiger partial charge on any atom is 0.279 e. The molecule has 0 aliphatic heterocycles. The topological polar surface area (TPSA) is 62.6 Å². The predicted molar refractivity (Wildman–Crippen MR) is 111 cm³/mol. The van der Waals surface area contributed by atoms with Crippen molar-refractivity contribution in [3.05, 3.63) is 65.0 Å². The average molecular weight is 399 g/mol. The van der Waals surface area contributed by atoms with Gasteiger partial charge in [0, 0.05) is 5.69 Å². The van der Waals surface area contributed by atoms with E-state index in [2.05, 4.69) is 28.8 Å². The van der Waals surface area contributed by atoms with Gasteiger partial charge in [0.05, 0.1) is 13.1 Å². The molecule has 0 bridgehead atoms. The van der Waals surface area contributed by atoms with E-state index in [9.17, 15) is 14.0 Å². The molecular formula is C23H29FN3O2+. The van der Waals surface area contributed by atoms with Gasteiger partial charge in [-0.25, -0.2) is 4.39 Å². The summed E-state index contributed by atoms with van der Waals surface area (Å²) >= 11 is 0. The highest BCUT2D eigenvalue weighted by Gasteiger charge is 2.18. The predicted octanol–water partition coefficient (Wildman–Crippen LogP) is 2.04. The third-order valence-electron chi connectivity index (χ3n) is 5.28. The largest absolute Gasteiger partial charge is 0.345 e. The highest BCUT2D eigenvalue weighted by atomic mass is 19.1. The van der Waals surface area contributed by atoms with Crippen molar-refractivity contribution in [2.45, 2.75) is 38.6 Å². The highest BCUT2D eigenvalue weighted by Crippen LogP contribution is 2.24. The molecule has 0 saturated heterocycles. The Hall–Kier alpha value is -2.73. The van der Waals surface area contributed by atoms with Gasteiger partial charge in [-0.05, 0) is 67.5 Å². The van der Waals surface area contributed by atoms with E-state index in [1.807, 2.05) is 6.92 Å². The molecule has 0 spiro atoms. The standard InChI is InChI=1S/C23H28FN3O2/c1-16(18-11-10-17-6-3-4-7-19(17)12-18)25-22(28)14-27(2)15-23(29)26-21-9-5-8-20(24)13-21/h5,8-13,16H,3-4,6-7,14-15H2,1-2H3,(H,25,28)(H,26,29)/p+1/t16-/m0/s1. The Morgan fingerprint density at radius 3 is 2.52 bits per heavy atom. The van der Waals surface area contributed by atoms with Gasteiger partial charge in [-0.2, -0.15) is 0 Å². The van der Waals surface area contributed by atoms with Gasteiger partial charge in [0.1, 0.15) is 5.82 Å². The van der Waals surface area contributed by atoms with E-state index in [4.69, 9.17) is 0 Å². The lowest BCUT2D eigenvalue weighted by Crippen LogP contribution is -3.11. The fourth-order valence-corrected chi connectivity index (χ4v) is 3.78. The maximum atomic E-state index is 13.2. The molecule has 1 unspecified atom stereocenters. The van der Waals surface area contributed by atoms with Gasteiger partial charge in [-0.15, -0.1) is 0 Å². The van der Waals surface area contributed by atoms with E-state index in [1.165, 1.54) is 42.2 Å². The summed E-state index contributed by atoms with van der Waals surface area (Å²) in [6.07, 6.45) is 4.73. The lowest BCUT2D eigenvalue weighted by atomic mass is 9.89. The van der Waals surface area contributed by atoms with Crippen LogP contribution in [0.2, 0.25) is 0 Å². The van der Waals surface area contributed by atoms with E-state index in [1.54, 1.807) is 13.1 Å². The Morgan fingerprint density at radius 2 is 1.76 bits per heavy atom. The zero-order valence-corrected chi connectivity index (χ0v) is 17.1. The number of fused-ring (bicyclic) bond motifs is 1. The first kappa shape index (κ1) is 21.0. The summed E-state index contributed by atoms with van der Waals surface area (Å²) in [4.78, 5) is 25.3. The number of rotatable bonds is 7. The highest BCUT2D eigenvalue weighted by molar-refractivity contribution is 5.91. The monoisotopic (exact) mass is 398 g/mol. The molecule has 3 rings (SSSR count). The summed E-state index contributed by atoms with van der Waals surface area (Å²) < 4.78 is 13.2. The molecule has 0 saturated carbocycles. The summed E-state index contributed by atoms with van der Waals surface area (Å²) in [5.41, 5.74) is 4.34. The van der Waals surface area contributed by atoms with Crippen molar-refractivity contribution in [1.29, 1.82) is 0 Å². The van der Waals surface area contributed by atoms with Crippen LogP contribution in [0, 0.1) is 5.82 Å². The Bertz CT molecular complexity index is 884. The number of likely N-dealkylation sites (N-methyl/N-ethyl adjacent to an activating group) is 1. The van der Waals surface area contributed by atoms with Crippen LogP contribution < -0.4 is 15.5 Å². The first-order valence-corrected chi connectivity index (χ1v) is 10.2. The third kappa shape index (κ3) is 6.12. The number of aryl methyl sites for hydroxylation is 2. The zero-order chi connectivity index (χ0) is 20.8. The number of hydrogen-bond donors (Lipinski definition) is 3. The summed E-state index contributed by atoms with van der Waals surface area (Å²) in [7, 11) is 1.79. The number of hydrogen-bond acceptors (Lipinski definition) is 2. The van der Waals surface area contributed by atoms with Gasteiger partial charge in [0.15, 0.2) is 13.1 Å². The van der Waals surface area contributed by atoms with Crippen molar-refractivity contribution in [3.8, 4) is 0 Å². The second-order valence-corrected chi connectivity index (χ2v) is 7.89. The maximum absolute atomic E-state index is 13.2. The summed E-state index contributed by atoms with van der Waals surface area (Å²) in [6.45, 7) is 2.29. The Morgan fingerprint density at radius 1 is 1.03 bits per heavy atom. The molecule has 29 heavy (non-hydrogen) atoms. The second-order valence-electron chi connectivity index (χ2n) is 7.89. The van der Waals surface area contributed by atoms with E-state index in [0.29, 0.717) is 5.69 Å². The number of anilines is 1. The van der Waals surface area contributed by atoms with E-state index in [-0.39, 0.29) is 30.9 Å². The number of nitrogens with one attached hydrogen (secondary N) is 3. The fraction of sp³-hybridized carbons (Fsp3) is 0.391. The fourth-order valence-electron chi connectivity index (χ4n) is 3.78. The molecule has 0 heterocycles. The molecule has 1 aliphatic carbocycles. The number of carbonyl (C=O) groups is 2. The molecule has 2 amide bonds. The number of benzene rings is 2. The van der Waals surface area contributed by atoms with E-state index >= 15 is 0 Å². The van der Waals surface area contributed by atoms with Gasteiger partial charge in [-0.3, -0.25) is 9.59 Å². The molecule has 2 aromatic carbocycles. The second kappa shape index (κ2) is 9.65. The molecule has 0 fully saturated rings. The molecule has 3 N–H and O–H groups in total. The lowest BCUT2D eigenvalue weighted by Gasteiger charge is -2.20. The van der Waals surface area contributed by atoms with Crippen LogP contribution in [0.5, 0.6) is 0 Å². The molecule has 5 nitrogen and oxygen atoms in total. The number of quaternary nitrogens is 1. The van der Waals surface area contributed by atoms with Crippen LogP contribution in [0.4, 0.5) is 10.1 Å². The van der Waals surface area contributed by atoms with Crippen LogP contribution in [0.1, 0.15) is 42.5 Å². The Labute approximate surface area is 171 Å². The van der Waals surface area contributed by atoms with Crippen molar-refractivity contribution in [2.24, 2.45) is 0 Å². The molecule has 2 aromatic rings. The molecule has 1 aliphatic rings. The average Bonchev–Trinajstić information content (AvgIpc) is 2.67. The lowest BCUT2D eigenvalue weighted by molar-refractivity contribution is -0.862. The summed E-state index contributed by atoms with van der Waals surface area (Å²) in [5.74, 6) is -0.769. The minimum Gasteiger partial charge on any atom is -0.345 e. The molecule has 154 valence electrons. The zero-order valence-electron chi connectivity index (χ0n) is 17.1. The van der Waals surface area contributed by atoms with E-state index in [0.717, 1.165) is 23.3 Å². The summed E-state index contributed by atoms with van der Waals surface area (Å²) in [5, 5.41) is 5.67. The molecule has 0 radical (unpaired) electrons. The first-order valence-electron chi connectivity index (χ1n) is 10.2. The van der Waals surface area contributed by atoms with Gasteiger partial charge >= 0.3 is 0 Å². The Balaban J connectivity index is 1.47. The van der Waals surface area contributed by atoms with Gasteiger partial charge in [0.25, 0.3) is 11.8 Å². The minimum atomic E-state index is -0.404. The van der Waals surface area contributed by atoms with Crippen LogP contribution in [0.15, 0.2) is 42.5 Å². The Kier molecular flexibility index (Phi) is 6.99. The van der Waals surface area contributed by atoms with Crippen molar-refractivity contribution >= 4 is 17.5 Å². The van der Waals surface area contributed by atoms with Crippen molar-refractivity contribution < 1.29 is 18.9 Å². The van der Waals surface area contributed by atoms with Crippen LogP contribution >= 0.6 is 0 Å². The molecule has 0 aromatic heterocycles. The van der Waals surface area contributed by atoms with Crippen LogP contribution in [0.25, 0.3) is 0 Å². The van der Waals surface area contributed by atoms with Gasteiger partial charge < -0.3 is 15.5 Å². The third-order valence-corrected chi connectivity index (χ3v) is 5.28. The minimum absolute atomic E-state index is 0.0800. The summed E-state index contributed by atoms with van der Waals surface area (Å²) in [6, 6.07) is 12.2. The molecule has 2 atom stereocenters. The normalized spacial score (nSPS) is 15.1. The van der Waals surface area contributed by atoms with Crippen LogP contribution in [-0.2, 0) is 22.4 Å².